The highest BCUT2D eigenvalue weighted by Gasteiger charge is 2.44. The van der Waals surface area contributed by atoms with E-state index in [1.54, 1.807) is 41.4 Å². The van der Waals surface area contributed by atoms with E-state index in [0.29, 0.717) is 17.2 Å². The maximum atomic E-state index is 13.2. The molecule has 6 nitrogen and oxygen atoms in total. The number of fused-ring (bicyclic) bond motifs is 3. The molecule has 5 rings (SSSR count). The number of rotatable bonds is 2. The van der Waals surface area contributed by atoms with Crippen LogP contribution in [0.3, 0.4) is 0 Å². The number of pyridine rings is 2. The standard InChI is InChI=1S/C21H19F2N5O/c1-12-4-5-15-14(8-12)19-17(9-24-15)26(3)20(29)28(19)16-6-7-18(25-13(16)2)27-10-21(22,23)11-27/h4-9H,10-11H2,1-3H3. The van der Waals surface area contributed by atoms with Crippen molar-refractivity contribution in [3.63, 3.8) is 0 Å². The largest absolute Gasteiger partial charge is 0.344 e. The van der Waals surface area contributed by atoms with Gasteiger partial charge >= 0.3 is 5.69 Å². The van der Waals surface area contributed by atoms with Crippen LogP contribution in [-0.2, 0) is 7.05 Å². The van der Waals surface area contributed by atoms with Gasteiger partial charge in [0, 0.05) is 12.4 Å². The first-order valence-electron chi connectivity index (χ1n) is 9.33. The fraction of sp³-hybridized carbons (Fsp3) is 0.286. The van der Waals surface area contributed by atoms with Gasteiger partial charge in [0.05, 0.1) is 47.2 Å². The third kappa shape index (κ3) is 2.62. The zero-order chi connectivity index (χ0) is 20.5. The second-order valence-corrected chi connectivity index (χ2v) is 7.68. The highest BCUT2D eigenvalue weighted by molar-refractivity contribution is 6.03. The third-order valence-corrected chi connectivity index (χ3v) is 5.49. The Kier molecular flexibility index (Phi) is 3.59. The average Bonchev–Trinajstić information content (AvgIpc) is 2.91. The fourth-order valence-electron chi connectivity index (χ4n) is 3.96. The summed E-state index contributed by atoms with van der Waals surface area (Å²) in [5.41, 5.74) is 4.38. The van der Waals surface area contributed by atoms with Gasteiger partial charge in [-0.2, -0.15) is 0 Å². The van der Waals surface area contributed by atoms with Crippen LogP contribution in [0.5, 0.6) is 0 Å². The predicted molar refractivity (Wildman–Crippen MR) is 108 cm³/mol. The first-order chi connectivity index (χ1) is 13.7. The van der Waals surface area contributed by atoms with Gasteiger partial charge in [0.2, 0.25) is 0 Å². The fourth-order valence-corrected chi connectivity index (χ4v) is 3.96. The number of aromatic nitrogens is 4. The minimum Gasteiger partial charge on any atom is -0.344 e. The van der Waals surface area contributed by atoms with Crippen LogP contribution in [0, 0.1) is 13.8 Å². The molecule has 0 bridgehead atoms. The lowest BCUT2D eigenvalue weighted by Gasteiger charge is -2.39. The van der Waals surface area contributed by atoms with Crippen molar-refractivity contribution >= 4 is 27.8 Å². The number of nitrogens with zero attached hydrogens (tertiary/aromatic N) is 5. The lowest BCUT2D eigenvalue weighted by Crippen LogP contribution is -2.56. The second kappa shape index (κ2) is 5.85. The molecule has 0 spiro atoms. The van der Waals surface area contributed by atoms with Crippen molar-refractivity contribution in [2.24, 2.45) is 7.05 Å². The molecule has 4 heterocycles. The van der Waals surface area contributed by atoms with E-state index < -0.39 is 5.92 Å². The summed E-state index contributed by atoms with van der Waals surface area (Å²) in [4.78, 5) is 23.6. The lowest BCUT2D eigenvalue weighted by atomic mass is 10.1. The van der Waals surface area contributed by atoms with Gasteiger partial charge in [0.15, 0.2) is 0 Å². The van der Waals surface area contributed by atoms with Gasteiger partial charge in [-0.1, -0.05) is 11.6 Å². The number of hydrogen-bond donors (Lipinski definition) is 0. The number of hydrogen-bond acceptors (Lipinski definition) is 4. The monoisotopic (exact) mass is 395 g/mol. The van der Waals surface area contributed by atoms with Crippen LogP contribution in [0.2, 0.25) is 0 Å². The molecule has 0 amide bonds. The molecule has 1 aliphatic heterocycles. The normalized spacial score (nSPS) is 15.8. The molecule has 0 N–H and O–H groups in total. The summed E-state index contributed by atoms with van der Waals surface area (Å²) in [6, 6.07) is 9.40. The van der Waals surface area contributed by atoms with Crippen molar-refractivity contribution in [2.45, 2.75) is 19.8 Å². The molecule has 148 valence electrons. The molecule has 0 unspecified atom stereocenters. The van der Waals surface area contributed by atoms with Gasteiger partial charge < -0.3 is 4.90 Å². The molecular weight excluding hydrogens is 376 g/mol. The molecule has 1 fully saturated rings. The minimum absolute atomic E-state index is 0.205. The van der Waals surface area contributed by atoms with E-state index in [9.17, 15) is 13.6 Å². The molecule has 1 aromatic carbocycles. The maximum Gasteiger partial charge on any atom is 0.333 e. The van der Waals surface area contributed by atoms with E-state index in [1.807, 2.05) is 25.1 Å². The quantitative estimate of drug-likeness (QED) is 0.522. The van der Waals surface area contributed by atoms with E-state index in [2.05, 4.69) is 9.97 Å². The first kappa shape index (κ1) is 17.8. The zero-order valence-electron chi connectivity index (χ0n) is 16.3. The molecule has 8 heteroatoms. The molecule has 1 saturated heterocycles. The van der Waals surface area contributed by atoms with Gasteiger partial charge in [-0.3, -0.25) is 14.1 Å². The average molecular weight is 395 g/mol. The van der Waals surface area contributed by atoms with Gasteiger partial charge in [-0.25, -0.2) is 18.6 Å². The number of aryl methyl sites for hydroxylation is 3. The van der Waals surface area contributed by atoms with E-state index in [-0.39, 0.29) is 18.8 Å². The van der Waals surface area contributed by atoms with Crippen LogP contribution in [0.15, 0.2) is 41.3 Å². The van der Waals surface area contributed by atoms with Gasteiger partial charge in [0.25, 0.3) is 5.92 Å². The second-order valence-electron chi connectivity index (χ2n) is 7.68. The third-order valence-electron chi connectivity index (χ3n) is 5.49. The highest BCUT2D eigenvalue weighted by Crippen LogP contribution is 2.32. The van der Waals surface area contributed by atoms with Crippen molar-refractivity contribution < 1.29 is 8.78 Å². The predicted octanol–water partition coefficient (Wildman–Crippen LogP) is 3.34. The van der Waals surface area contributed by atoms with Crippen molar-refractivity contribution in [1.29, 1.82) is 0 Å². The molecule has 1 aliphatic rings. The Labute approximate surface area is 165 Å². The van der Waals surface area contributed by atoms with E-state index in [0.717, 1.165) is 27.5 Å². The molecule has 0 radical (unpaired) electrons. The summed E-state index contributed by atoms with van der Waals surface area (Å²) in [6.45, 7) is 3.12. The number of benzene rings is 1. The summed E-state index contributed by atoms with van der Waals surface area (Å²) in [7, 11) is 1.71. The lowest BCUT2D eigenvalue weighted by molar-refractivity contribution is -0.0267. The minimum atomic E-state index is -2.66. The Balaban J connectivity index is 1.74. The van der Waals surface area contributed by atoms with Crippen molar-refractivity contribution in [3.8, 4) is 5.69 Å². The van der Waals surface area contributed by atoms with Crippen LogP contribution >= 0.6 is 0 Å². The molecular formula is C21H19F2N5O. The highest BCUT2D eigenvalue weighted by atomic mass is 19.3. The smallest absolute Gasteiger partial charge is 0.333 e. The number of alkyl halides is 2. The van der Waals surface area contributed by atoms with Crippen molar-refractivity contribution in [3.05, 3.63) is 58.3 Å². The molecule has 3 aromatic heterocycles. The van der Waals surface area contributed by atoms with E-state index >= 15 is 0 Å². The van der Waals surface area contributed by atoms with Crippen LogP contribution in [0.25, 0.3) is 27.6 Å². The Bertz CT molecular complexity index is 1350. The number of imidazole rings is 1. The summed E-state index contributed by atoms with van der Waals surface area (Å²) >= 11 is 0. The summed E-state index contributed by atoms with van der Waals surface area (Å²) < 4.78 is 29.6. The molecule has 4 aromatic rings. The molecule has 0 saturated carbocycles. The van der Waals surface area contributed by atoms with Gasteiger partial charge in [-0.05, 0) is 38.1 Å². The Morgan fingerprint density at radius 2 is 1.86 bits per heavy atom. The van der Waals surface area contributed by atoms with Gasteiger partial charge in [-0.15, -0.1) is 0 Å². The maximum absolute atomic E-state index is 13.2. The van der Waals surface area contributed by atoms with E-state index in [4.69, 9.17) is 0 Å². The Hall–Kier alpha value is -3.29. The van der Waals surface area contributed by atoms with Gasteiger partial charge in [0.1, 0.15) is 5.82 Å². The summed E-state index contributed by atoms with van der Waals surface area (Å²) in [6.07, 6.45) is 1.70. The topological polar surface area (TPSA) is 56.0 Å². The first-order valence-corrected chi connectivity index (χ1v) is 9.33. The van der Waals surface area contributed by atoms with Crippen LogP contribution < -0.4 is 10.6 Å². The summed E-state index contributed by atoms with van der Waals surface area (Å²) in [5.74, 6) is -2.17. The Morgan fingerprint density at radius 3 is 2.55 bits per heavy atom. The van der Waals surface area contributed by atoms with E-state index in [1.165, 1.54) is 4.90 Å². The summed E-state index contributed by atoms with van der Waals surface area (Å²) in [5, 5.41) is 0.881. The van der Waals surface area contributed by atoms with Crippen molar-refractivity contribution in [2.75, 3.05) is 18.0 Å². The van der Waals surface area contributed by atoms with Crippen LogP contribution in [0.1, 0.15) is 11.3 Å². The zero-order valence-corrected chi connectivity index (χ0v) is 16.3. The number of halogens is 2. The Morgan fingerprint density at radius 1 is 1.10 bits per heavy atom. The SMILES string of the molecule is Cc1ccc2ncc3c(c2c1)n(-c1ccc(N2CC(F)(F)C2)nc1C)c(=O)n3C. The van der Waals surface area contributed by atoms with Crippen molar-refractivity contribution in [1.82, 2.24) is 19.1 Å². The molecule has 29 heavy (non-hydrogen) atoms. The van der Waals surface area contributed by atoms with Crippen LogP contribution in [-0.4, -0.2) is 38.1 Å². The van der Waals surface area contributed by atoms with Crippen LogP contribution in [0.4, 0.5) is 14.6 Å². The molecule has 0 aliphatic carbocycles. The molecule has 0 atom stereocenters. The number of anilines is 1.